The summed E-state index contributed by atoms with van der Waals surface area (Å²) in [6.45, 7) is 3.96. The Morgan fingerprint density at radius 1 is 1.29 bits per heavy atom. The third-order valence-electron chi connectivity index (χ3n) is 3.42. The highest BCUT2D eigenvalue weighted by molar-refractivity contribution is 7.90. The molecule has 0 unspecified atom stereocenters. The molecule has 0 aromatic heterocycles. The van der Waals surface area contributed by atoms with Gasteiger partial charge in [0, 0.05) is 30.8 Å². The van der Waals surface area contributed by atoms with Crippen LogP contribution in [0.5, 0.6) is 11.5 Å². The van der Waals surface area contributed by atoms with Crippen LogP contribution in [0.2, 0.25) is 0 Å². The first-order chi connectivity index (χ1) is 9.96. The summed E-state index contributed by atoms with van der Waals surface area (Å²) < 4.78 is 33.8. The van der Waals surface area contributed by atoms with Gasteiger partial charge in [-0.15, -0.1) is 0 Å². The largest absolute Gasteiger partial charge is 0.490 e. The summed E-state index contributed by atoms with van der Waals surface area (Å²) in [5.74, 6) is 1.79. The molecular weight excluding hydrogens is 290 g/mol. The van der Waals surface area contributed by atoms with Gasteiger partial charge in [-0.1, -0.05) is 12.1 Å². The summed E-state index contributed by atoms with van der Waals surface area (Å²) in [4.78, 5) is 0. The molecule has 1 heterocycles. The van der Waals surface area contributed by atoms with Gasteiger partial charge in [-0.05, 0) is 19.4 Å². The van der Waals surface area contributed by atoms with Crippen LogP contribution in [0.1, 0.15) is 25.3 Å². The second-order valence-electron chi connectivity index (χ2n) is 5.50. The highest BCUT2D eigenvalue weighted by Crippen LogP contribution is 2.33. The van der Waals surface area contributed by atoms with Crippen molar-refractivity contribution < 1.29 is 17.9 Å². The Morgan fingerprint density at radius 3 is 2.81 bits per heavy atom. The standard InChI is InChI=1S/C15H23NO4S/c1-12(7-10-21(2,17)18)16-11-13-5-3-6-14-15(13)20-9-4-8-19-14/h3,5-6,12,16H,4,7-11H2,1-2H3/t12-/m0/s1. The van der Waals surface area contributed by atoms with Gasteiger partial charge in [0.15, 0.2) is 11.5 Å². The molecule has 1 aliphatic rings. The van der Waals surface area contributed by atoms with Crippen LogP contribution in [0, 0.1) is 0 Å². The van der Waals surface area contributed by atoms with E-state index in [1.54, 1.807) is 0 Å². The van der Waals surface area contributed by atoms with Crippen molar-refractivity contribution in [2.24, 2.45) is 0 Å². The van der Waals surface area contributed by atoms with Crippen LogP contribution < -0.4 is 14.8 Å². The van der Waals surface area contributed by atoms with E-state index in [1.807, 2.05) is 25.1 Å². The van der Waals surface area contributed by atoms with E-state index in [9.17, 15) is 8.42 Å². The van der Waals surface area contributed by atoms with Crippen molar-refractivity contribution in [1.29, 1.82) is 0 Å². The summed E-state index contributed by atoms with van der Waals surface area (Å²) in [7, 11) is -2.91. The molecule has 118 valence electrons. The van der Waals surface area contributed by atoms with Gasteiger partial charge in [0.2, 0.25) is 0 Å². The summed E-state index contributed by atoms with van der Waals surface area (Å²) in [6.07, 6.45) is 2.75. The third-order valence-corrected chi connectivity index (χ3v) is 4.39. The number of rotatable bonds is 6. The average Bonchev–Trinajstić information content (AvgIpc) is 2.67. The van der Waals surface area contributed by atoms with E-state index in [-0.39, 0.29) is 11.8 Å². The molecule has 2 rings (SSSR count). The molecule has 1 aromatic rings. The molecule has 0 saturated heterocycles. The number of sulfone groups is 1. The predicted molar refractivity (Wildman–Crippen MR) is 82.7 cm³/mol. The van der Waals surface area contributed by atoms with Crippen molar-refractivity contribution in [3.05, 3.63) is 23.8 Å². The number of benzene rings is 1. The molecule has 1 aliphatic heterocycles. The van der Waals surface area contributed by atoms with Gasteiger partial charge in [0.25, 0.3) is 0 Å². The van der Waals surface area contributed by atoms with Crippen molar-refractivity contribution in [1.82, 2.24) is 5.32 Å². The van der Waals surface area contributed by atoms with E-state index in [0.29, 0.717) is 26.2 Å². The minimum atomic E-state index is -2.91. The maximum Gasteiger partial charge on any atom is 0.165 e. The van der Waals surface area contributed by atoms with Crippen LogP contribution in [0.15, 0.2) is 18.2 Å². The topological polar surface area (TPSA) is 64.6 Å². The Morgan fingerprint density at radius 2 is 2.05 bits per heavy atom. The molecule has 0 aliphatic carbocycles. The first-order valence-corrected chi connectivity index (χ1v) is 9.30. The highest BCUT2D eigenvalue weighted by Gasteiger charge is 2.15. The Kier molecular flexibility index (Phi) is 5.47. The van der Waals surface area contributed by atoms with Crippen molar-refractivity contribution in [2.75, 3.05) is 25.2 Å². The maximum atomic E-state index is 11.2. The van der Waals surface area contributed by atoms with Crippen molar-refractivity contribution in [3.8, 4) is 11.5 Å². The number of para-hydroxylation sites is 1. The molecule has 5 nitrogen and oxygen atoms in total. The summed E-state index contributed by atoms with van der Waals surface area (Å²) in [6, 6.07) is 5.99. The average molecular weight is 313 g/mol. The molecule has 6 heteroatoms. The van der Waals surface area contributed by atoms with E-state index >= 15 is 0 Å². The minimum Gasteiger partial charge on any atom is -0.490 e. The van der Waals surface area contributed by atoms with Crippen LogP contribution in [0.3, 0.4) is 0 Å². The molecule has 0 amide bonds. The van der Waals surface area contributed by atoms with E-state index in [0.717, 1.165) is 23.5 Å². The van der Waals surface area contributed by atoms with Crippen LogP contribution in [-0.2, 0) is 16.4 Å². The molecule has 0 fully saturated rings. The third kappa shape index (κ3) is 5.21. The zero-order chi connectivity index (χ0) is 15.3. The zero-order valence-electron chi connectivity index (χ0n) is 12.6. The van der Waals surface area contributed by atoms with E-state index in [1.165, 1.54) is 6.26 Å². The van der Waals surface area contributed by atoms with Gasteiger partial charge in [0.1, 0.15) is 9.84 Å². The SMILES string of the molecule is C[C@@H](CCS(C)(=O)=O)NCc1cccc2c1OCCCO2. The lowest BCUT2D eigenvalue weighted by atomic mass is 10.1. The molecule has 0 radical (unpaired) electrons. The van der Waals surface area contributed by atoms with Crippen molar-refractivity contribution in [2.45, 2.75) is 32.4 Å². The van der Waals surface area contributed by atoms with E-state index in [2.05, 4.69) is 5.32 Å². The lowest BCUT2D eigenvalue weighted by molar-refractivity contribution is 0.295. The fourth-order valence-electron chi connectivity index (χ4n) is 2.17. The molecular formula is C15H23NO4S. The molecule has 1 aromatic carbocycles. The number of nitrogens with one attached hydrogen (secondary N) is 1. The lowest BCUT2D eigenvalue weighted by Gasteiger charge is -2.16. The van der Waals surface area contributed by atoms with Gasteiger partial charge in [-0.25, -0.2) is 8.42 Å². The number of ether oxygens (including phenoxy) is 2. The second-order valence-corrected chi connectivity index (χ2v) is 7.76. The first kappa shape index (κ1) is 16.1. The van der Waals surface area contributed by atoms with Gasteiger partial charge in [-0.3, -0.25) is 0 Å². The van der Waals surface area contributed by atoms with Gasteiger partial charge in [-0.2, -0.15) is 0 Å². The fraction of sp³-hybridized carbons (Fsp3) is 0.600. The summed E-state index contributed by atoms with van der Waals surface area (Å²) in [5.41, 5.74) is 1.04. The van der Waals surface area contributed by atoms with Gasteiger partial charge < -0.3 is 14.8 Å². The Hall–Kier alpha value is -1.27. The van der Waals surface area contributed by atoms with Crippen molar-refractivity contribution >= 4 is 9.84 Å². The van der Waals surface area contributed by atoms with Crippen LogP contribution in [0.4, 0.5) is 0 Å². The molecule has 0 saturated carbocycles. The Balaban J connectivity index is 1.94. The summed E-state index contributed by atoms with van der Waals surface area (Å²) >= 11 is 0. The quantitative estimate of drug-likeness (QED) is 0.867. The smallest absolute Gasteiger partial charge is 0.165 e. The second kappa shape index (κ2) is 7.13. The monoisotopic (exact) mass is 313 g/mol. The van der Waals surface area contributed by atoms with Crippen LogP contribution in [-0.4, -0.2) is 39.7 Å². The number of hydrogen-bond acceptors (Lipinski definition) is 5. The normalized spacial score (nSPS) is 16.3. The Labute approximate surface area is 126 Å². The summed E-state index contributed by atoms with van der Waals surface area (Å²) in [5, 5.41) is 3.34. The minimum absolute atomic E-state index is 0.127. The first-order valence-electron chi connectivity index (χ1n) is 7.24. The molecule has 0 spiro atoms. The molecule has 1 N–H and O–H groups in total. The molecule has 21 heavy (non-hydrogen) atoms. The zero-order valence-corrected chi connectivity index (χ0v) is 13.4. The van der Waals surface area contributed by atoms with Crippen LogP contribution in [0.25, 0.3) is 0 Å². The maximum absolute atomic E-state index is 11.2. The van der Waals surface area contributed by atoms with Gasteiger partial charge >= 0.3 is 0 Å². The number of fused-ring (bicyclic) bond motifs is 1. The molecule has 0 bridgehead atoms. The fourth-order valence-corrected chi connectivity index (χ4v) is 2.95. The van der Waals surface area contributed by atoms with Crippen molar-refractivity contribution in [3.63, 3.8) is 0 Å². The molecule has 1 atom stereocenters. The van der Waals surface area contributed by atoms with Crippen LogP contribution >= 0.6 is 0 Å². The Bertz CT molecular complexity index is 571. The predicted octanol–water partition coefficient (Wildman–Crippen LogP) is 1.76. The van der Waals surface area contributed by atoms with E-state index < -0.39 is 9.84 Å². The number of hydrogen-bond donors (Lipinski definition) is 1. The lowest BCUT2D eigenvalue weighted by Crippen LogP contribution is -2.27. The van der Waals surface area contributed by atoms with Gasteiger partial charge in [0.05, 0.1) is 19.0 Å². The highest BCUT2D eigenvalue weighted by atomic mass is 32.2. The van der Waals surface area contributed by atoms with E-state index in [4.69, 9.17) is 9.47 Å².